The lowest BCUT2D eigenvalue weighted by atomic mass is 9.84. The third-order valence-electron chi connectivity index (χ3n) is 6.65. The Hall–Kier alpha value is -2.01. The number of hydrogen-bond acceptors (Lipinski definition) is 8. The van der Waals surface area contributed by atoms with E-state index in [1.165, 1.54) is 6.26 Å². The van der Waals surface area contributed by atoms with Gasteiger partial charge in [-0.15, -0.1) is 0 Å². The number of pyridine rings is 2. The van der Waals surface area contributed by atoms with E-state index in [1.807, 2.05) is 18.2 Å². The van der Waals surface area contributed by atoms with Gasteiger partial charge < -0.3 is 10.6 Å². The first kappa shape index (κ1) is 20.9. The third kappa shape index (κ3) is 4.34. The Labute approximate surface area is 183 Å². The first-order valence-corrected chi connectivity index (χ1v) is 13.0. The molecule has 0 aliphatic carbocycles. The zero-order valence-corrected chi connectivity index (χ0v) is 18.8. The highest BCUT2D eigenvalue weighted by atomic mass is 32.2. The molecule has 0 aromatic carbocycles. The van der Waals surface area contributed by atoms with E-state index in [4.69, 9.17) is 4.98 Å². The molecule has 0 radical (unpaired) electrons. The number of rotatable bonds is 5. The molecule has 2 aromatic rings. The topological polar surface area (TPSA) is 111 Å². The summed E-state index contributed by atoms with van der Waals surface area (Å²) >= 11 is 0. The number of nitrogens with zero attached hydrogens (tertiary/aromatic N) is 3. The smallest absolute Gasteiger partial charge is 0.211 e. The zero-order chi connectivity index (χ0) is 21.6. The minimum Gasteiger partial charge on any atom is -0.367 e. The molecular weight excluding hydrogens is 414 g/mol. The summed E-state index contributed by atoms with van der Waals surface area (Å²) in [7, 11) is -3.18. The van der Waals surface area contributed by atoms with Crippen LogP contribution in [0.5, 0.6) is 0 Å². The first-order chi connectivity index (χ1) is 14.9. The number of aromatic nitrogens is 2. The van der Waals surface area contributed by atoms with Crippen LogP contribution in [0.25, 0.3) is 10.9 Å². The van der Waals surface area contributed by atoms with Crippen molar-refractivity contribution in [2.24, 2.45) is 0 Å². The summed E-state index contributed by atoms with van der Waals surface area (Å²) in [5.74, 6) is 1.58. The second-order valence-corrected chi connectivity index (χ2v) is 11.1. The molecule has 0 saturated carbocycles. The van der Waals surface area contributed by atoms with E-state index in [0.29, 0.717) is 6.04 Å². The van der Waals surface area contributed by atoms with E-state index < -0.39 is 10.0 Å². The molecule has 3 fully saturated rings. The van der Waals surface area contributed by atoms with Crippen LogP contribution >= 0.6 is 0 Å². The SMILES string of the molecule is CC1CC(Nc2cc3ncccc3c(NC3C[C@H]4CCC[C@@H](C3)N4S(C)(=O)=O)n2)NN1. The standard InChI is InChI=1S/C21H31N7O2S/c1-13-9-20(27-26-13)24-19-12-18-17(7-4-8-22-18)21(25-19)23-14-10-15-5-3-6-16(11-14)28(15)31(2,29)30/h4,7-8,12-16,20,26-27H,3,5-6,9-11H2,1-2H3,(H2,23,24,25)/t13?,14?,15-,16+,20?. The highest BCUT2D eigenvalue weighted by Crippen LogP contribution is 2.37. The minimum absolute atomic E-state index is 0.0703. The Bertz CT molecular complexity index is 1050. The van der Waals surface area contributed by atoms with E-state index in [-0.39, 0.29) is 24.3 Å². The molecule has 10 heteroatoms. The summed E-state index contributed by atoms with van der Waals surface area (Å²) in [6.45, 7) is 2.14. The third-order valence-corrected chi connectivity index (χ3v) is 8.01. The molecule has 3 unspecified atom stereocenters. The number of hydrazine groups is 1. The van der Waals surface area contributed by atoms with Gasteiger partial charge >= 0.3 is 0 Å². The van der Waals surface area contributed by atoms with Crippen LogP contribution in [-0.4, -0.2) is 59.3 Å². The Balaban J connectivity index is 1.40. The highest BCUT2D eigenvalue weighted by Gasteiger charge is 2.43. The van der Waals surface area contributed by atoms with Crippen LogP contribution in [0.4, 0.5) is 11.6 Å². The van der Waals surface area contributed by atoms with Gasteiger partial charge in [-0.3, -0.25) is 10.4 Å². The van der Waals surface area contributed by atoms with Gasteiger partial charge in [0.2, 0.25) is 10.0 Å². The predicted molar refractivity (Wildman–Crippen MR) is 122 cm³/mol. The van der Waals surface area contributed by atoms with Crippen LogP contribution in [-0.2, 0) is 10.0 Å². The second-order valence-electron chi connectivity index (χ2n) is 9.19. The molecule has 5 rings (SSSR count). The van der Waals surface area contributed by atoms with Crippen molar-refractivity contribution in [2.75, 3.05) is 16.9 Å². The van der Waals surface area contributed by atoms with Crippen molar-refractivity contribution in [2.45, 2.75) is 75.8 Å². The van der Waals surface area contributed by atoms with E-state index in [0.717, 1.165) is 61.1 Å². The fourth-order valence-electron chi connectivity index (χ4n) is 5.44. The van der Waals surface area contributed by atoms with Crippen molar-refractivity contribution in [1.29, 1.82) is 0 Å². The molecular formula is C21H31N7O2S. The normalized spacial score (nSPS) is 31.6. The van der Waals surface area contributed by atoms with Crippen LogP contribution in [0.15, 0.2) is 24.4 Å². The maximum atomic E-state index is 12.3. The van der Waals surface area contributed by atoms with Gasteiger partial charge in [-0.05, 0) is 51.2 Å². The predicted octanol–water partition coefficient (Wildman–Crippen LogP) is 2.01. The van der Waals surface area contributed by atoms with Gasteiger partial charge in [-0.2, -0.15) is 4.31 Å². The average Bonchev–Trinajstić information content (AvgIpc) is 3.11. The molecule has 168 valence electrons. The van der Waals surface area contributed by atoms with Crippen LogP contribution in [0, 0.1) is 0 Å². The maximum absolute atomic E-state index is 12.3. The number of piperidine rings is 2. The van der Waals surface area contributed by atoms with E-state index in [9.17, 15) is 8.42 Å². The van der Waals surface area contributed by atoms with Gasteiger partial charge in [0.25, 0.3) is 0 Å². The van der Waals surface area contributed by atoms with Gasteiger partial charge in [0.1, 0.15) is 11.6 Å². The molecule has 2 bridgehead atoms. The quantitative estimate of drug-likeness (QED) is 0.553. The number of anilines is 2. The molecule has 0 amide bonds. The summed E-state index contributed by atoms with van der Waals surface area (Å²) in [6, 6.07) is 6.66. The Morgan fingerprint density at radius 2 is 1.90 bits per heavy atom. The lowest BCUT2D eigenvalue weighted by Crippen LogP contribution is -2.56. The van der Waals surface area contributed by atoms with E-state index in [2.05, 4.69) is 33.4 Å². The van der Waals surface area contributed by atoms with Gasteiger partial charge in [-0.1, -0.05) is 6.42 Å². The maximum Gasteiger partial charge on any atom is 0.211 e. The number of hydrogen-bond donors (Lipinski definition) is 4. The molecule has 4 N–H and O–H groups in total. The van der Waals surface area contributed by atoms with Crippen molar-refractivity contribution in [3.63, 3.8) is 0 Å². The number of sulfonamides is 1. The van der Waals surface area contributed by atoms with Crippen LogP contribution in [0.3, 0.4) is 0 Å². The van der Waals surface area contributed by atoms with Crippen molar-refractivity contribution in [3.8, 4) is 0 Å². The summed E-state index contributed by atoms with van der Waals surface area (Å²) in [6.07, 6.45) is 8.75. The minimum atomic E-state index is -3.18. The lowest BCUT2D eigenvalue weighted by Gasteiger charge is -2.47. The summed E-state index contributed by atoms with van der Waals surface area (Å²) in [4.78, 5) is 9.43. The number of nitrogens with one attached hydrogen (secondary N) is 4. The fourth-order valence-corrected chi connectivity index (χ4v) is 6.90. The largest absolute Gasteiger partial charge is 0.367 e. The van der Waals surface area contributed by atoms with Crippen molar-refractivity contribution >= 4 is 32.6 Å². The molecule has 9 nitrogen and oxygen atoms in total. The lowest BCUT2D eigenvalue weighted by molar-refractivity contribution is 0.116. The van der Waals surface area contributed by atoms with Gasteiger partial charge in [0.15, 0.2) is 0 Å². The molecule has 3 saturated heterocycles. The molecule has 3 aliphatic rings. The zero-order valence-electron chi connectivity index (χ0n) is 18.0. The Kier molecular flexibility index (Phi) is 5.49. The van der Waals surface area contributed by atoms with Crippen LogP contribution < -0.4 is 21.5 Å². The number of fused-ring (bicyclic) bond motifs is 3. The Morgan fingerprint density at radius 3 is 2.58 bits per heavy atom. The molecule has 31 heavy (non-hydrogen) atoms. The summed E-state index contributed by atoms with van der Waals surface area (Å²) in [5.41, 5.74) is 7.35. The summed E-state index contributed by atoms with van der Waals surface area (Å²) < 4.78 is 26.4. The second kappa shape index (κ2) is 8.16. The van der Waals surface area contributed by atoms with Crippen molar-refractivity contribution < 1.29 is 8.42 Å². The molecule has 5 atom stereocenters. The van der Waals surface area contributed by atoms with Crippen LogP contribution in [0.1, 0.15) is 45.4 Å². The fraction of sp³-hybridized carbons (Fsp3) is 0.619. The average molecular weight is 446 g/mol. The van der Waals surface area contributed by atoms with E-state index in [1.54, 1.807) is 10.5 Å². The molecule has 2 aromatic heterocycles. The summed E-state index contributed by atoms with van der Waals surface area (Å²) in [5, 5.41) is 8.09. The molecule has 0 spiro atoms. The molecule has 3 aliphatic heterocycles. The van der Waals surface area contributed by atoms with Gasteiger partial charge in [0, 0.05) is 41.8 Å². The van der Waals surface area contributed by atoms with Gasteiger partial charge in [-0.25, -0.2) is 18.8 Å². The Morgan fingerprint density at radius 1 is 1.13 bits per heavy atom. The van der Waals surface area contributed by atoms with E-state index >= 15 is 0 Å². The van der Waals surface area contributed by atoms with Crippen molar-refractivity contribution in [1.82, 2.24) is 25.1 Å². The first-order valence-electron chi connectivity index (χ1n) is 11.2. The monoisotopic (exact) mass is 445 g/mol. The van der Waals surface area contributed by atoms with Crippen LogP contribution in [0.2, 0.25) is 0 Å². The van der Waals surface area contributed by atoms with Crippen molar-refractivity contribution in [3.05, 3.63) is 24.4 Å². The van der Waals surface area contributed by atoms with Gasteiger partial charge in [0.05, 0.1) is 17.9 Å². The molecule has 5 heterocycles. The highest BCUT2D eigenvalue weighted by molar-refractivity contribution is 7.88.